The lowest BCUT2D eigenvalue weighted by Crippen LogP contribution is -2.32. The summed E-state index contributed by atoms with van der Waals surface area (Å²) >= 11 is 0. The number of amides is 1. The van der Waals surface area contributed by atoms with E-state index in [4.69, 9.17) is 9.47 Å². The SMILES string of the molecule is COCCN1C(=O)c2[nH]nc(-c3cc(C)ccc3O)c2[C@H]1c1ccc(OC)cc1. The number of carbonyl (C=O) groups excluding carboxylic acids is 1. The normalized spacial score (nSPS) is 15.6. The van der Waals surface area contributed by atoms with Gasteiger partial charge in [0, 0.05) is 24.8 Å². The molecule has 2 N–H and O–H groups in total. The Morgan fingerprint density at radius 3 is 2.62 bits per heavy atom. The highest BCUT2D eigenvalue weighted by molar-refractivity contribution is 6.00. The molecule has 2 aromatic carbocycles. The molecule has 29 heavy (non-hydrogen) atoms. The van der Waals surface area contributed by atoms with Gasteiger partial charge in [0.15, 0.2) is 0 Å². The molecule has 0 unspecified atom stereocenters. The van der Waals surface area contributed by atoms with Gasteiger partial charge in [-0.05, 0) is 36.8 Å². The number of rotatable bonds is 6. The number of carbonyl (C=O) groups is 1. The second-order valence-corrected chi connectivity index (χ2v) is 7.05. The first-order valence-corrected chi connectivity index (χ1v) is 9.37. The summed E-state index contributed by atoms with van der Waals surface area (Å²) < 4.78 is 10.5. The average molecular weight is 393 g/mol. The molecule has 1 aromatic heterocycles. The third-order valence-corrected chi connectivity index (χ3v) is 5.24. The predicted octanol–water partition coefficient (Wildman–Crippen LogP) is 3.29. The molecule has 0 saturated heterocycles. The van der Waals surface area contributed by atoms with Crippen molar-refractivity contribution in [3.8, 4) is 22.8 Å². The molecule has 0 bridgehead atoms. The van der Waals surface area contributed by atoms with Crippen LogP contribution in [0, 0.1) is 6.92 Å². The first-order chi connectivity index (χ1) is 14.0. The van der Waals surface area contributed by atoms with E-state index in [1.807, 2.05) is 43.3 Å². The minimum Gasteiger partial charge on any atom is -0.507 e. The molecule has 150 valence electrons. The van der Waals surface area contributed by atoms with Gasteiger partial charge < -0.3 is 19.5 Å². The van der Waals surface area contributed by atoms with E-state index in [0.717, 1.165) is 22.4 Å². The molecule has 3 aromatic rings. The van der Waals surface area contributed by atoms with Crippen LogP contribution in [0.3, 0.4) is 0 Å². The van der Waals surface area contributed by atoms with Crippen molar-refractivity contribution in [2.75, 3.05) is 27.4 Å². The number of aromatic amines is 1. The van der Waals surface area contributed by atoms with E-state index in [9.17, 15) is 9.90 Å². The standard InChI is InChI=1S/C22H23N3O4/c1-13-4-9-17(26)16(12-13)19-18-20(24-23-19)22(27)25(10-11-28-2)21(18)14-5-7-15(29-3)8-6-14/h4-9,12,21,26H,10-11H2,1-3H3,(H,23,24)/t21-/m1/s1. The minimum absolute atomic E-state index is 0.126. The third kappa shape index (κ3) is 3.23. The van der Waals surface area contributed by atoms with Crippen molar-refractivity contribution in [3.63, 3.8) is 0 Å². The topological polar surface area (TPSA) is 87.7 Å². The Bertz CT molecular complexity index is 1040. The molecule has 1 aliphatic rings. The van der Waals surface area contributed by atoms with Crippen molar-refractivity contribution >= 4 is 5.91 Å². The van der Waals surface area contributed by atoms with Crippen molar-refractivity contribution < 1.29 is 19.4 Å². The Morgan fingerprint density at radius 1 is 1.17 bits per heavy atom. The van der Waals surface area contributed by atoms with Gasteiger partial charge in [-0.15, -0.1) is 0 Å². The van der Waals surface area contributed by atoms with Crippen molar-refractivity contribution in [2.45, 2.75) is 13.0 Å². The van der Waals surface area contributed by atoms with Crippen LogP contribution >= 0.6 is 0 Å². The van der Waals surface area contributed by atoms with Crippen LogP contribution in [0.2, 0.25) is 0 Å². The molecule has 0 aliphatic carbocycles. The lowest BCUT2D eigenvalue weighted by Gasteiger charge is -2.26. The van der Waals surface area contributed by atoms with Crippen molar-refractivity contribution in [2.24, 2.45) is 0 Å². The van der Waals surface area contributed by atoms with Crippen LogP contribution in [-0.2, 0) is 4.74 Å². The second-order valence-electron chi connectivity index (χ2n) is 7.05. The van der Waals surface area contributed by atoms with Gasteiger partial charge in [-0.1, -0.05) is 23.8 Å². The maximum Gasteiger partial charge on any atom is 0.273 e. The summed E-state index contributed by atoms with van der Waals surface area (Å²) in [5.74, 6) is 0.732. The zero-order valence-electron chi connectivity index (χ0n) is 16.6. The fourth-order valence-corrected chi connectivity index (χ4v) is 3.79. The number of ether oxygens (including phenoxy) is 2. The molecular formula is C22H23N3O4. The average Bonchev–Trinajstić information content (AvgIpc) is 3.27. The lowest BCUT2D eigenvalue weighted by atomic mass is 9.95. The molecule has 4 rings (SSSR count). The first-order valence-electron chi connectivity index (χ1n) is 9.37. The van der Waals surface area contributed by atoms with E-state index in [1.165, 1.54) is 0 Å². The Labute approximate surface area is 168 Å². The summed E-state index contributed by atoms with van der Waals surface area (Å²) in [6, 6.07) is 12.6. The van der Waals surface area contributed by atoms with E-state index >= 15 is 0 Å². The number of aromatic nitrogens is 2. The molecule has 2 heterocycles. The molecule has 1 aliphatic heterocycles. The highest BCUT2D eigenvalue weighted by Gasteiger charge is 2.42. The number of hydrogen-bond acceptors (Lipinski definition) is 5. The van der Waals surface area contributed by atoms with E-state index in [0.29, 0.717) is 30.1 Å². The number of phenols is 1. The molecule has 0 saturated carbocycles. The van der Waals surface area contributed by atoms with Gasteiger partial charge in [0.05, 0.1) is 19.8 Å². The number of nitrogens with zero attached hydrogens (tertiary/aromatic N) is 2. The van der Waals surface area contributed by atoms with Crippen LogP contribution in [-0.4, -0.2) is 53.5 Å². The number of fused-ring (bicyclic) bond motifs is 1. The molecule has 1 atom stereocenters. The Kier molecular flexibility index (Phi) is 4.98. The summed E-state index contributed by atoms with van der Waals surface area (Å²) in [5.41, 5.74) is 4.31. The largest absolute Gasteiger partial charge is 0.507 e. The number of benzene rings is 2. The number of aryl methyl sites for hydroxylation is 1. The van der Waals surface area contributed by atoms with Crippen LogP contribution in [0.4, 0.5) is 0 Å². The zero-order chi connectivity index (χ0) is 20.5. The van der Waals surface area contributed by atoms with Crippen LogP contribution < -0.4 is 4.74 Å². The summed E-state index contributed by atoms with van der Waals surface area (Å²) in [4.78, 5) is 14.9. The second kappa shape index (κ2) is 7.60. The molecule has 7 heteroatoms. The first kappa shape index (κ1) is 19.0. The number of aromatic hydroxyl groups is 1. The highest BCUT2D eigenvalue weighted by Crippen LogP contribution is 2.44. The van der Waals surface area contributed by atoms with Crippen LogP contribution in [0.25, 0.3) is 11.3 Å². The number of phenolic OH excluding ortho intramolecular Hbond substituents is 1. The minimum atomic E-state index is -0.341. The van der Waals surface area contributed by atoms with Gasteiger partial charge >= 0.3 is 0 Å². The number of methoxy groups -OCH3 is 2. The van der Waals surface area contributed by atoms with E-state index in [1.54, 1.807) is 25.2 Å². The van der Waals surface area contributed by atoms with Crippen molar-refractivity contribution in [1.29, 1.82) is 0 Å². The monoisotopic (exact) mass is 393 g/mol. The fourth-order valence-electron chi connectivity index (χ4n) is 3.79. The van der Waals surface area contributed by atoms with E-state index in [2.05, 4.69) is 10.2 Å². The molecule has 1 amide bonds. The summed E-state index contributed by atoms with van der Waals surface area (Å²) in [5, 5.41) is 17.7. The van der Waals surface area contributed by atoms with Gasteiger partial charge in [-0.25, -0.2) is 0 Å². The Hall–Kier alpha value is -3.32. The Morgan fingerprint density at radius 2 is 1.93 bits per heavy atom. The molecular weight excluding hydrogens is 370 g/mol. The smallest absolute Gasteiger partial charge is 0.273 e. The zero-order valence-corrected chi connectivity index (χ0v) is 16.6. The van der Waals surface area contributed by atoms with Crippen molar-refractivity contribution in [3.05, 3.63) is 64.8 Å². The quantitative estimate of drug-likeness (QED) is 0.671. The van der Waals surface area contributed by atoms with Gasteiger partial charge in [-0.3, -0.25) is 9.89 Å². The van der Waals surface area contributed by atoms with Gasteiger partial charge in [0.25, 0.3) is 5.91 Å². The molecule has 0 spiro atoms. The summed E-state index contributed by atoms with van der Waals surface area (Å²) in [6.45, 7) is 2.81. The summed E-state index contributed by atoms with van der Waals surface area (Å²) in [7, 11) is 3.23. The molecule has 0 fully saturated rings. The van der Waals surface area contributed by atoms with Gasteiger partial charge in [0.2, 0.25) is 0 Å². The number of hydrogen-bond donors (Lipinski definition) is 2. The fraction of sp³-hybridized carbons (Fsp3) is 0.273. The van der Waals surface area contributed by atoms with Crippen LogP contribution in [0.15, 0.2) is 42.5 Å². The van der Waals surface area contributed by atoms with E-state index < -0.39 is 0 Å². The lowest BCUT2D eigenvalue weighted by molar-refractivity contribution is 0.0677. The van der Waals surface area contributed by atoms with Crippen LogP contribution in [0.1, 0.15) is 33.2 Å². The van der Waals surface area contributed by atoms with E-state index in [-0.39, 0.29) is 17.7 Å². The van der Waals surface area contributed by atoms with Gasteiger partial charge in [0.1, 0.15) is 22.9 Å². The maximum atomic E-state index is 13.1. The molecule has 7 nitrogen and oxygen atoms in total. The third-order valence-electron chi connectivity index (χ3n) is 5.24. The number of nitrogens with one attached hydrogen (secondary N) is 1. The van der Waals surface area contributed by atoms with Crippen LogP contribution in [0.5, 0.6) is 11.5 Å². The van der Waals surface area contributed by atoms with Gasteiger partial charge in [-0.2, -0.15) is 5.10 Å². The predicted molar refractivity (Wildman–Crippen MR) is 108 cm³/mol. The molecule has 0 radical (unpaired) electrons. The number of H-pyrrole nitrogens is 1. The van der Waals surface area contributed by atoms with Crippen molar-refractivity contribution in [1.82, 2.24) is 15.1 Å². The summed E-state index contributed by atoms with van der Waals surface area (Å²) in [6.07, 6.45) is 0. The highest BCUT2D eigenvalue weighted by atomic mass is 16.5. The Balaban J connectivity index is 1.87. The maximum absolute atomic E-state index is 13.1.